The lowest BCUT2D eigenvalue weighted by atomic mass is 10.1. The number of rotatable bonds is 4. The van der Waals surface area contributed by atoms with E-state index in [0.29, 0.717) is 24.5 Å². The zero-order valence-corrected chi connectivity index (χ0v) is 14.0. The number of piperidine rings is 1. The van der Waals surface area contributed by atoms with E-state index in [9.17, 15) is 18.3 Å². The molecule has 5 nitrogen and oxygen atoms in total. The van der Waals surface area contributed by atoms with Crippen LogP contribution in [-0.2, 0) is 6.18 Å². The van der Waals surface area contributed by atoms with Crippen molar-refractivity contribution in [2.75, 3.05) is 23.4 Å². The van der Waals surface area contributed by atoms with Gasteiger partial charge in [-0.05, 0) is 36.4 Å². The molecule has 3 rings (SSSR count). The maximum absolute atomic E-state index is 12.6. The number of alkyl halides is 3. The maximum Gasteiger partial charge on any atom is 0.416 e. The number of nitrogen functional groups attached to an aromatic ring is 1. The van der Waals surface area contributed by atoms with Crippen LogP contribution in [0.1, 0.15) is 18.4 Å². The summed E-state index contributed by atoms with van der Waals surface area (Å²) in [6, 6.07) is 10.1. The van der Waals surface area contributed by atoms with Crippen LogP contribution in [0, 0.1) is 0 Å². The number of anilines is 2. The van der Waals surface area contributed by atoms with E-state index in [2.05, 4.69) is 5.43 Å². The van der Waals surface area contributed by atoms with Gasteiger partial charge in [-0.15, -0.1) is 0 Å². The largest absolute Gasteiger partial charge is 0.506 e. The number of halogens is 3. The number of hydrazine groups is 1. The molecule has 0 radical (unpaired) electrons. The fraction of sp³-hybridized carbons (Fsp3) is 0.333. The van der Waals surface area contributed by atoms with Gasteiger partial charge in [0.15, 0.2) is 0 Å². The lowest BCUT2D eigenvalue weighted by Crippen LogP contribution is -2.38. The Hall–Kier alpha value is -2.61. The fourth-order valence-electron chi connectivity index (χ4n) is 2.99. The molecule has 0 aliphatic carbocycles. The lowest BCUT2D eigenvalue weighted by Gasteiger charge is -2.34. The molecule has 1 saturated heterocycles. The quantitative estimate of drug-likeness (QED) is 0.436. The third kappa shape index (κ3) is 4.13. The van der Waals surface area contributed by atoms with Gasteiger partial charge in [0, 0.05) is 37.7 Å². The highest BCUT2D eigenvalue weighted by Crippen LogP contribution is 2.32. The van der Waals surface area contributed by atoms with Gasteiger partial charge in [0.1, 0.15) is 17.6 Å². The van der Waals surface area contributed by atoms with Crippen LogP contribution in [0.15, 0.2) is 42.5 Å². The highest BCUT2D eigenvalue weighted by molar-refractivity contribution is 5.57. The molecule has 1 aliphatic heterocycles. The van der Waals surface area contributed by atoms with Crippen molar-refractivity contribution >= 4 is 11.4 Å². The number of nitrogens with two attached hydrogens (primary N) is 1. The van der Waals surface area contributed by atoms with Gasteiger partial charge in [0.2, 0.25) is 0 Å². The van der Waals surface area contributed by atoms with Crippen molar-refractivity contribution in [2.24, 2.45) is 5.84 Å². The standard InChI is InChI=1S/C18H20F3N3O2/c19-18(20,21)12-1-3-13(4-2-12)24-9-7-14(8-10-24)26-15-5-6-16(23-22)17(25)11-15/h1-6,11,14,23,25H,7-10,22H2. The summed E-state index contributed by atoms with van der Waals surface area (Å²) in [5.41, 5.74) is 2.92. The molecule has 2 aromatic carbocycles. The molecule has 1 aliphatic rings. The second kappa shape index (κ2) is 7.33. The average molecular weight is 367 g/mol. The van der Waals surface area contributed by atoms with E-state index in [-0.39, 0.29) is 11.9 Å². The second-order valence-corrected chi connectivity index (χ2v) is 6.17. The number of hydrogen-bond donors (Lipinski definition) is 3. The summed E-state index contributed by atoms with van der Waals surface area (Å²) < 4.78 is 43.8. The first-order chi connectivity index (χ1) is 12.4. The molecule has 4 N–H and O–H groups in total. The number of hydrogen-bond acceptors (Lipinski definition) is 5. The summed E-state index contributed by atoms with van der Waals surface area (Å²) >= 11 is 0. The van der Waals surface area contributed by atoms with Crippen molar-refractivity contribution in [1.82, 2.24) is 0 Å². The van der Waals surface area contributed by atoms with E-state index in [1.165, 1.54) is 18.2 Å². The van der Waals surface area contributed by atoms with Crippen LogP contribution < -0.4 is 20.9 Å². The van der Waals surface area contributed by atoms with Crippen LogP contribution in [0.5, 0.6) is 11.5 Å². The van der Waals surface area contributed by atoms with Crippen molar-refractivity contribution in [3.05, 3.63) is 48.0 Å². The SMILES string of the molecule is NNc1ccc(OC2CCN(c3ccc(C(F)(F)F)cc3)CC2)cc1O. The smallest absolute Gasteiger partial charge is 0.416 e. The Morgan fingerprint density at radius 1 is 1.08 bits per heavy atom. The number of nitrogens with one attached hydrogen (secondary N) is 1. The Morgan fingerprint density at radius 3 is 2.27 bits per heavy atom. The average Bonchev–Trinajstić information content (AvgIpc) is 2.62. The first-order valence-electron chi connectivity index (χ1n) is 8.25. The zero-order chi connectivity index (χ0) is 18.7. The van der Waals surface area contributed by atoms with Crippen molar-refractivity contribution in [3.8, 4) is 11.5 Å². The Kier molecular flexibility index (Phi) is 5.13. The monoisotopic (exact) mass is 367 g/mol. The number of nitrogens with zero attached hydrogens (tertiary/aromatic N) is 1. The van der Waals surface area contributed by atoms with Crippen LogP contribution >= 0.6 is 0 Å². The normalized spacial score (nSPS) is 15.8. The molecule has 0 aromatic heterocycles. The summed E-state index contributed by atoms with van der Waals surface area (Å²) in [5, 5.41) is 9.78. The molecule has 1 heterocycles. The number of benzene rings is 2. The maximum atomic E-state index is 12.6. The number of ether oxygens (including phenoxy) is 1. The van der Waals surface area contributed by atoms with E-state index in [1.54, 1.807) is 12.1 Å². The molecule has 140 valence electrons. The van der Waals surface area contributed by atoms with Crippen LogP contribution in [0.4, 0.5) is 24.5 Å². The Bertz CT molecular complexity index is 742. The summed E-state index contributed by atoms with van der Waals surface area (Å²) in [6.45, 7) is 1.37. The van der Waals surface area contributed by atoms with Crippen LogP contribution in [-0.4, -0.2) is 24.3 Å². The Balaban J connectivity index is 1.56. The van der Waals surface area contributed by atoms with Gasteiger partial charge in [-0.2, -0.15) is 13.2 Å². The molecule has 0 spiro atoms. The Labute approximate surface area is 149 Å². The summed E-state index contributed by atoms with van der Waals surface area (Å²) in [5.74, 6) is 5.83. The topological polar surface area (TPSA) is 70.8 Å². The number of phenolic OH excluding ortho intramolecular Hbond substituents is 1. The van der Waals surface area contributed by atoms with Crippen molar-refractivity contribution in [2.45, 2.75) is 25.1 Å². The summed E-state index contributed by atoms with van der Waals surface area (Å²) in [4.78, 5) is 2.04. The van der Waals surface area contributed by atoms with Crippen LogP contribution in [0.2, 0.25) is 0 Å². The zero-order valence-electron chi connectivity index (χ0n) is 14.0. The van der Waals surface area contributed by atoms with Gasteiger partial charge in [0.25, 0.3) is 0 Å². The first kappa shape index (κ1) is 18.2. The van der Waals surface area contributed by atoms with E-state index in [4.69, 9.17) is 10.6 Å². The molecule has 2 aromatic rings. The van der Waals surface area contributed by atoms with E-state index in [0.717, 1.165) is 30.7 Å². The fourth-order valence-corrected chi connectivity index (χ4v) is 2.99. The Morgan fingerprint density at radius 2 is 1.73 bits per heavy atom. The molecular weight excluding hydrogens is 347 g/mol. The van der Waals surface area contributed by atoms with Crippen molar-refractivity contribution in [1.29, 1.82) is 0 Å². The summed E-state index contributed by atoms with van der Waals surface area (Å²) in [6.07, 6.45) is -2.87. The molecule has 8 heteroatoms. The van der Waals surface area contributed by atoms with Crippen molar-refractivity contribution in [3.63, 3.8) is 0 Å². The highest BCUT2D eigenvalue weighted by Gasteiger charge is 2.30. The molecule has 0 amide bonds. The molecule has 0 saturated carbocycles. The minimum absolute atomic E-state index is 0.00666. The molecule has 1 fully saturated rings. The van der Waals surface area contributed by atoms with Crippen LogP contribution in [0.25, 0.3) is 0 Å². The molecular formula is C18H20F3N3O2. The van der Waals surface area contributed by atoms with Gasteiger partial charge < -0.3 is 20.2 Å². The first-order valence-corrected chi connectivity index (χ1v) is 8.25. The molecule has 0 unspecified atom stereocenters. The van der Waals surface area contributed by atoms with Gasteiger partial charge in [-0.25, -0.2) is 0 Å². The molecule has 0 atom stereocenters. The predicted octanol–water partition coefficient (Wildman–Crippen LogP) is 3.74. The lowest BCUT2D eigenvalue weighted by molar-refractivity contribution is -0.137. The second-order valence-electron chi connectivity index (χ2n) is 6.17. The highest BCUT2D eigenvalue weighted by atomic mass is 19.4. The minimum atomic E-state index is -4.32. The van der Waals surface area contributed by atoms with Gasteiger partial charge >= 0.3 is 6.18 Å². The van der Waals surface area contributed by atoms with E-state index in [1.807, 2.05) is 4.90 Å². The van der Waals surface area contributed by atoms with Gasteiger partial charge in [0.05, 0.1) is 11.3 Å². The van der Waals surface area contributed by atoms with E-state index < -0.39 is 11.7 Å². The van der Waals surface area contributed by atoms with Crippen molar-refractivity contribution < 1.29 is 23.0 Å². The number of phenols is 1. The molecule has 26 heavy (non-hydrogen) atoms. The van der Waals surface area contributed by atoms with Crippen LogP contribution in [0.3, 0.4) is 0 Å². The predicted molar refractivity (Wildman–Crippen MR) is 93.2 cm³/mol. The number of aromatic hydroxyl groups is 1. The molecule has 0 bridgehead atoms. The van der Waals surface area contributed by atoms with E-state index >= 15 is 0 Å². The summed E-state index contributed by atoms with van der Waals surface area (Å²) in [7, 11) is 0. The third-order valence-corrected chi connectivity index (χ3v) is 4.43. The minimum Gasteiger partial charge on any atom is -0.506 e. The third-order valence-electron chi connectivity index (χ3n) is 4.43. The van der Waals surface area contributed by atoms with Gasteiger partial charge in [-0.3, -0.25) is 5.84 Å². The van der Waals surface area contributed by atoms with Gasteiger partial charge in [-0.1, -0.05) is 0 Å².